The molecule has 1 rings (SSSR count). The van der Waals surface area contributed by atoms with Gasteiger partial charge in [-0.05, 0) is 24.3 Å². The first-order chi connectivity index (χ1) is 5.86. The van der Waals surface area contributed by atoms with Crippen molar-refractivity contribution in [3.63, 3.8) is 0 Å². The van der Waals surface area contributed by atoms with Gasteiger partial charge in [0.2, 0.25) is 6.29 Å². The van der Waals surface area contributed by atoms with Crippen molar-refractivity contribution >= 4 is 12.0 Å². The molecule has 0 aromatic heterocycles. The lowest BCUT2D eigenvalue weighted by Crippen LogP contribution is -2.01. The molecule has 0 heterocycles. The molecule has 0 spiro atoms. The average Bonchev–Trinajstić information content (AvgIpc) is 2.15. The molecule has 0 aliphatic heterocycles. The highest BCUT2D eigenvalue weighted by Crippen LogP contribution is 2.14. The van der Waals surface area contributed by atoms with Crippen molar-refractivity contribution in [1.82, 2.24) is 0 Å². The lowest BCUT2D eigenvalue weighted by atomic mass is 10.3. The molecule has 1 N–H and O–H groups in total. The minimum Gasteiger partial charge on any atom is -0.497 e. The van der Waals surface area contributed by atoms with Gasteiger partial charge in [0.1, 0.15) is 5.75 Å². The summed E-state index contributed by atoms with van der Waals surface area (Å²) in [5.74, 6) is 0.802. The van der Waals surface area contributed by atoms with Crippen LogP contribution in [-0.4, -0.2) is 19.9 Å². The SMILES string of the molecule is COc1ccc(NC[C]=O)cc1. The van der Waals surface area contributed by atoms with Crippen molar-refractivity contribution in [1.29, 1.82) is 0 Å². The second-order valence-corrected chi connectivity index (χ2v) is 2.23. The molecule has 1 aromatic rings. The maximum absolute atomic E-state index is 9.89. The molecule has 63 valence electrons. The van der Waals surface area contributed by atoms with Gasteiger partial charge >= 0.3 is 0 Å². The zero-order valence-corrected chi connectivity index (χ0v) is 6.83. The van der Waals surface area contributed by atoms with Crippen molar-refractivity contribution in [2.24, 2.45) is 0 Å². The van der Waals surface area contributed by atoms with E-state index < -0.39 is 0 Å². The summed E-state index contributed by atoms with van der Waals surface area (Å²) in [6.45, 7) is 0.215. The van der Waals surface area contributed by atoms with E-state index in [9.17, 15) is 4.79 Å². The van der Waals surface area contributed by atoms with E-state index in [1.165, 1.54) is 0 Å². The smallest absolute Gasteiger partial charge is 0.219 e. The molecule has 0 amide bonds. The van der Waals surface area contributed by atoms with Crippen LogP contribution in [0.5, 0.6) is 5.75 Å². The lowest BCUT2D eigenvalue weighted by Gasteiger charge is -2.02. The number of hydrogen-bond donors (Lipinski definition) is 1. The van der Waals surface area contributed by atoms with Gasteiger partial charge in [-0.25, -0.2) is 0 Å². The number of benzene rings is 1. The Morgan fingerprint density at radius 1 is 1.42 bits per heavy atom. The minimum absolute atomic E-state index is 0.215. The van der Waals surface area contributed by atoms with Gasteiger partial charge in [0.05, 0.1) is 13.7 Å². The van der Waals surface area contributed by atoms with Crippen LogP contribution < -0.4 is 10.1 Å². The standard InChI is InChI=1S/C9H10NO2/c1-12-9-4-2-8(3-5-9)10-6-7-11/h2-5,10H,6H2,1H3. The Hall–Kier alpha value is -1.51. The number of ether oxygens (including phenoxy) is 1. The van der Waals surface area contributed by atoms with Crippen molar-refractivity contribution < 1.29 is 9.53 Å². The third-order valence-corrected chi connectivity index (χ3v) is 1.45. The Morgan fingerprint density at radius 3 is 2.58 bits per heavy atom. The number of hydrogen-bond acceptors (Lipinski definition) is 3. The summed E-state index contributed by atoms with van der Waals surface area (Å²) in [7, 11) is 1.61. The molecule has 3 heteroatoms. The third kappa shape index (κ3) is 2.27. The van der Waals surface area contributed by atoms with Gasteiger partial charge in [-0.15, -0.1) is 0 Å². The molecule has 0 aliphatic carbocycles. The van der Waals surface area contributed by atoms with Gasteiger partial charge in [0.15, 0.2) is 0 Å². The van der Waals surface area contributed by atoms with Crippen LogP contribution in [0.3, 0.4) is 0 Å². The number of methoxy groups -OCH3 is 1. The molecule has 12 heavy (non-hydrogen) atoms. The van der Waals surface area contributed by atoms with Crippen LogP contribution in [0.2, 0.25) is 0 Å². The highest BCUT2D eigenvalue weighted by atomic mass is 16.5. The monoisotopic (exact) mass is 164 g/mol. The maximum Gasteiger partial charge on any atom is 0.219 e. The van der Waals surface area contributed by atoms with E-state index in [-0.39, 0.29) is 6.54 Å². The van der Waals surface area contributed by atoms with Crippen LogP contribution in [0, 0.1) is 0 Å². The number of anilines is 1. The highest BCUT2D eigenvalue weighted by Gasteiger charge is 1.91. The van der Waals surface area contributed by atoms with Crippen LogP contribution in [0.15, 0.2) is 24.3 Å². The van der Waals surface area contributed by atoms with Crippen LogP contribution >= 0.6 is 0 Å². The van der Waals surface area contributed by atoms with Crippen molar-refractivity contribution in [3.8, 4) is 5.75 Å². The topological polar surface area (TPSA) is 38.3 Å². The van der Waals surface area contributed by atoms with Crippen LogP contribution in [0.1, 0.15) is 0 Å². The largest absolute Gasteiger partial charge is 0.497 e. The summed E-state index contributed by atoms with van der Waals surface area (Å²) >= 11 is 0. The lowest BCUT2D eigenvalue weighted by molar-refractivity contribution is 0.415. The molecule has 1 radical (unpaired) electrons. The van der Waals surface area contributed by atoms with E-state index in [4.69, 9.17) is 4.74 Å². The number of nitrogens with one attached hydrogen (secondary N) is 1. The van der Waals surface area contributed by atoms with Crippen LogP contribution in [0.25, 0.3) is 0 Å². The van der Waals surface area contributed by atoms with Crippen molar-refractivity contribution in [2.75, 3.05) is 19.0 Å². The molecule has 3 nitrogen and oxygen atoms in total. The van der Waals surface area contributed by atoms with E-state index in [1.807, 2.05) is 24.3 Å². The minimum atomic E-state index is 0.215. The van der Waals surface area contributed by atoms with Gasteiger partial charge in [0, 0.05) is 5.69 Å². The summed E-state index contributed by atoms with van der Waals surface area (Å²) < 4.78 is 4.97. The molecule has 0 unspecified atom stereocenters. The fourth-order valence-corrected chi connectivity index (χ4v) is 0.847. The Morgan fingerprint density at radius 2 is 2.08 bits per heavy atom. The summed E-state index contributed by atoms with van der Waals surface area (Å²) in [5, 5.41) is 2.87. The first kappa shape index (κ1) is 8.59. The molecule has 0 fully saturated rings. The Labute approximate surface area is 71.4 Å². The van der Waals surface area contributed by atoms with E-state index in [2.05, 4.69) is 5.32 Å². The third-order valence-electron chi connectivity index (χ3n) is 1.45. The highest BCUT2D eigenvalue weighted by molar-refractivity contribution is 5.60. The van der Waals surface area contributed by atoms with Gasteiger partial charge in [-0.3, -0.25) is 4.79 Å². The van der Waals surface area contributed by atoms with E-state index >= 15 is 0 Å². The van der Waals surface area contributed by atoms with Gasteiger partial charge in [0.25, 0.3) is 0 Å². The van der Waals surface area contributed by atoms with E-state index in [1.54, 1.807) is 13.4 Å². The quantitative estimate of drug-likeness (QED) is 0.727. The Bertz CT molecular complexity index is 243. The maximum atomic E-state index is 9.89. The van der Waals surface area contributed by atoms with Crippen LogP contribution in [0.4, 0.5) is 5.69 Å². The normalized spacial score (nSPS) is 9.08. The molecule has 0 saturated carbocycles. The molecule has 0 saturated heterocycles. The Balaban J connectivity index is 2.58. The predicted molar refractivity (Wildman–Crippen MR) is 47.2 cm³/mol. The first-order valence-electron chi connectivity index (χ1n) is 3.59. The van der Waals surface area contributed by atoms with E-state index in [0.717, 1.165) is 11.4 Å². The van der Waals surface area contributed by atoms with Gasteiger partial charge < -0.3 is 10.1 Å². The number of rotatable bonds is 4. The van der Waals surface area contributed by atoms with Crippen LogP contribution in [-0.2, 0) is 4.79 Å². The Kier molecular flexibility index (Phi) is 3.14. The van der Waals surface area contributed by atoms with Gasteiger partial charge in [-0.2, -0.15) is 0 Å². The summed E-state index contributed by atoms with van der Waals surface area (Å²) in [5.41, 5.74) is 0.888. The number of carbonyl (C=O) groups excluding carboxylic acids is 1. The second-order valence-electron chi connectivity index (χ2n) is 2.23. The zero-order valence-electron chi connectivity index (χ0n) is 6.83. The molecule has 0 aliphatic rings. The van der Waals surface area contributed by atoms with Crippen molar-refractivity contribution in [3.05, 3.63) is 24.3 Å². The fourth-order valence-electron chi connectivity index (χ4n) is 0.847. The second kappa shape index (κ2) is 4.38. The molecule has 0 atom stereocenters. The summed E-state index contributed by atoms with van der Waals surface area (Å²) in [6.07, 6.45) is 1.75. The molecule has 1 aromatic carbocycles. The molecule has 0 bridgehead atoms. The van der Waals surface area contributed by atoms with Gasteiger partial charge in [-0.1, -0.05) is 0 Å². The van der Waals surface area contributed by atoms with E-state index in [0.29, 0.717) is 0 Å². The molecular weight excluding hydrogens is 154 g/mol. The predicted octanol–water partition coefficient (Wildman–Crippen LogP) is 1.22. The molecular formula is C9H10NO2. The summed E-state index contributed by atoms with van der Waals surface area (Å²) in [4.78, 5) is 9.89. The average molecular weight is 164 g/mol. The fraction of sp³-hybridized carbons (Fsp3) is 0.222. The van der Waals surface area contributed by atoms with Crippen molar-refractivity contribution in [2.45, 2.75) is 0 Å². The first-order valence-corrected chi connectivity index (χ1v) is 3.59. The summed E-state index contributed by atoms with van der Waals surface area (Å²) in [6, 6.07) is 7.34. The zero-order chi connectivity index (χ0) is 8.81.